The lowest BCUT2D eigenvalue weighted by Gasteiger charge is -2.36. The van der Waals surface area contributed by atoms with Gasteiger partial charge in [0.05, 0.1) is 4.90 Å². The van der Waals surface area contributed by atoms with E-state index in [9.17, 15) is 8.42 Å². The summed E-state index contributed by atoms with van der Waals surface area (Å²) in [6, 6.07) is 13.3. The molecule has 0 radical (unpaired) electrons. The number of hydrogen-bond acceptors (Lipinski definition) is 5. The predicted molar refractivity (Wildman–Crippen MR) is 123 cm³/mol. The number of carbonyl (C=O) groups is 2. The number of hydrogen-bond donors (Lipinski definition) is 2. The Balaban J connectivity index is 0.000000385. The largest absolute Gasteiger partial charge is 0.473 e. The monoisotopic (exact) mass is 472 g/mol. The van der Waals surface area contributed by atoms with Crippen LogP contribution in [0, 0.1) is 17.8 Å². The van der Waals surface area contributed by atoms with Crippen LogP contribution in [0.1, 0.15) is 12.8 Å². The van der Waals surface area contributed by atoms with Gasteiger partial charge in [0.15, 0.2) is 0 Å². The fraction of sp³-hybridized carbons (Fsp3) is 0.417. The van der Waals surface area contributed by atoms with Gasteiger partial charge in [0, 0.05) is 32.7 Å². The third-order valence-electron chi connectivity index (χ3n) is 6.78. The molecule has 0 amide bonds. The number of rotatable bonds is 4. The number of benzene rings is 2. The Bertz CT molecular complexity index is 1160. The number of aliphatic carboxylic acids is 2. The maximum atomic E-state index is 13.1. The summed E-state index contributed by atoms with van der Waals surface area (Å²) >= 11 is 0. The van der Waals surface area contributed by atoms with Crippen LogP contribution in [0.15, 0.2) is 59.5 Å². The Labute approximate surface area is 193 Å². The molecule has 2 N–H and O–H groups in total. The highest BCUT2D eigenvalue weighted by Crippen LogP contribution is 2.43. The van der Waals surface area contributed by atoms with Gasteiger partial charge in [-0.25, -0.2) is 18.0 Å². The number of allylic oxidation sites excluding steroid dienone is 2. The highest BCUT2D eigenvalue weighted by atomic mass is 32.2. The first-order valence-corrected chi connectivity index (χ1v) is 12.5. The normalized spacial score (nSPS) is 25.0. The SMILES string of the molecule is O=C(O)C(=O)O.O=S(=O)(c1ccc2ccccc2c1)N1CCN(CC2CC3C=CC2C3)CC1. The quantitative estimate of drug-likeness (QED) is 0.519. The topological polar surface area (TPSA) is 115 Å². The van der Waals surface area contributed by atoms with Crippen LogP contribution >= 0.6 is 0 Å². The maximum absolute atomic E-state index is 13.1. The highest BCUT2D eigenvalue weighted by molar-refractivity contribution is 7.89. The molecule has 8 nitrogen and oxygen atoms in total. The molecule has 5 rings (SSSR count). The lowest BCUT2D eigenvalue weighted by molar-refractivity contribution is -0.159. The molecular formula is C24H28N2O6S. The summed E-state index contributed by atoms with van der Waals surface area (Å²) in [5, 5.41) is 16.8. The van der Waals surface area contributed by atoms with Crippen molar-refractivity contribution in [1.82, 2.24) is 9.21 Å². The van der Waals surface area contributed by atoms with Crippen molar-refractivity contribution in [2.75, 3.05) is 32.7 Å². The molecule has 9 heteroatoms. The van der Waals surface area contributed by atoms with Crippen LogP contribution in [0.25, 0.3) is 10.8 Å². The molecule has 3 aliphatic rings. The number of piperazine rings is 1. The van der Waals surface area contributed by atoms with Crippen molar-refractivity contribution in [2.24, 2.45) is 17.8 Å². The van der Waals surface area contributed by atoms with Crippen molar-refractivity contribution in [3.8, 4) is 0 Å². The zero-order valence-corrected chi connectivity index (χ0v) is 19.0. The Morgan fingerprint density at radius 3 is 2.12 bits per heavy atom. The van der Waals surface area contributed by atoms with Crippen molar-refractivity contribution >= 4 is 32.7 Å². The smallest absolute Gasteiger partial charge is 0.414 e. The second-order valence-electron chi connectivity index (χ2n) is 8.86. The molecule has 1 heterocycles. The molecule has 1 aliphatic heterocycles. The average molecular weight is 473 g/mol. The van der Waals surface area contributed by atoms with Gasteiger partial charge in [-0.2, -0.15) is 4.31 Å². The fourth-order valence-corrected chi connectivity index (χ4v) is 6.52. The number of sulfonamides is 1. The Morgan fingerprint density at radius 2 is 1.55 bits per heavy atom. The maximum Gasteiger partial charge on any atom is 0.414 e. The zero-order chi connectivity index (χ0) is 23.6. The van der Waals surface area contributed by atoms with Gasteiger partial charge in [-0.05, 0) is 53.5 Å². The Morgan fingerprint density at radius 1 is 0.879 bits per heavy atom. The number of fused-ring (bicyclic) bond motifs is 3. The molecule has 2 bridgehead atoms. The van der Waals surface area contributed by atoms with E-state index in [4.69, 9.17) is 19.8 Å². The van der Waals surface area contributed by atoms with Crippen LogP contribution < -0.4 is 0 Å². The first kappa shape index (κ1) is 23.4. The van der Waals surface area contributed by atoms with E-state index >= 15 is 0 Å². The minimum Gasteiger partial charge on any atom is -0.473 e. The van der Waals surface area contributed by atoms with E-state index in [0.717, 1.165) is 48.2 Å². The van der Waals surface area contributed by atoms with Crippen LogP contribution in [0.4, 0.5) is 0 Å². The first-order chi connectivity index (χ1) is 15.7. The van der Waals surface area contributed by atoms with E-state index < -0.39 is 22.0 Å². The predicted octanol–water partition coefficient (Wildman–Crippen LogP) is 2.51. The summed E-state index contributed by atoms with van der Waals surface area (Å²) < 4.78 is 27.8. The van der Waals surface area contributed by atoms with Gasteiger partial charge in [0.1, 0.15) is 0 Å². The second-order valence-corrected chi connectivity index (χ2v) is 10.8. The summed E-state index contributed by atoms with van der Waals surface area (Å²) in [6.45, 7) is 3.97. The van der Waals surface area contributed by atoms with E-state index in [1.165, 1.54) is 12.8 Å². The summed E-state index contributed by atoms with van der Waals surface area (Å²) in [4.78, 5) is 21.1. The van der Waals surface area contributed by atoms with Crippen LogP contribution in [0.5, 0.6) is 0 Å². The number of nitrogens with zero attached hydrogens (tertiary/aromatic N) is 2. The Hall–Kier alpha value is -2.75. The molecular weight excluding hydrogens is 444 g/mol. The van der Waals surface area contributed by atoms with Crippen molar-refractivity contribution in [2.45, 2.75) is 17.7 Å². The molecule has 3 atom stereocenters. The lowest BCUT2D eigenvalue weighted by atomic mass is 9.93. The van der Waals surface area contributed by atoms with Gasteiger partial charge in [0.25, 0.3) is 0 Å². The molecule has 0 aromatic heterocycles. The highest BCUT2D eigenvalue weighted by Gasteiger charge is 2.37. The summed E-state index contributed by atoms with van der Waals surface area (Å²) in [7, 11) is -3.42. The van der Waals surface area contributed by atoms with Crippen LogP contribution in [-0.4, -0.2) is 72.5 Å². The second kappa shape index (κ2) is 9.62. The van der Waals surface area contributed by atoms with Crippen molar-refractivity contribution in [3.05, 3.63) is 54.6 Å². The van der Waals surface area contributed by atoms with Crippen molar-refractivity contribution in [1.29, 1.82) is 0 Å². The summed E-state index contributed by atoms with van der Waals surface area (Å²) in [6.07, 6.45) is 7.44. The minimum atomic E-state index is -3.42. The third-order valence-corrected chi connectivity index (χ3v) is 8.68. The van der Waals surface area contributed by atoms with Gasteiger partial charge in [-0.15, -0.1) is 0 Å². The molecule has 0 spiro atoms. The average Bonchev–Trinajstić information content (AvgIpc) is 3.43. The van der Waals surface area contributed by atoms with Crippen molar-refractivity contribution in [3.63, 3.8) is 0 Å². The van der Waals surface area contributed by atoms with E-state index in [-0.39, 0.29) is 0 Å². The lowest BCUT2D eigenvalue weighted by Crippen LogP contribution is -2.49. The van der Waals surface area contributed by atoms with Crippen LogP contribution in [0.2, 0.25) is 0 Å². The standard InChI is InChI=1S/C22H26N2O2S.C2H2O4/c25-27(26,22-8-7-18-3-1-2-4-19(18)15-22)24-11-9-23(10-12-24)16-21-14-17-5-6-20(21)13-17;3-1(4)2(5)6/h1-8,15,17,20-21H,9-14,16H2;(H,3,4)(H,5,6). The minimum absolute atomic E-state index is 0.410. The van der Waals surface area contributed by atoms with Crippen molar-refractivity contribution < 1.29 is 28.2 Å². The number of carboxylic acid groups (broad SMARTS) is 2. The van der Waals surface area contributed by atoms with Gasteiger partial charge >= 0.3 is 11.9 Å². The molecule has 176 valence electrons. The van der Waals surface area contributed by atoms with Gasteiger partial charge in [-0.1, -0.05) is 42.5 Å². The van der Waals surface area contributed by atoms with Crippen LogP contribution in [-0.2, 0) is 19.6 Å². The molecule has 2 aromatic rings. The third kappa shape index (κ3) is 5.26. The summed E-state index contributed by atoms with van der Waals surface area (Å²) in [5.74, 6) is -1.32. The molecule has 2 aliphatic carbocycles. The first-order valence-electron chi connectivity index (χ1n) is 11.1. The molecule has 1 saturated carbocycles. The van der Waals surface area contributed by atoms with Crippen LogP contribution in [0.3, 0.4) is 0 Å². The molecule has 2 aromatic carbocycles. The van der Waals surface area contributed by atoms with E-state index in [1.807, 2.05) is 30.3 Å². The van der Waals surface area contributed by atoms with E-state index in [2.05, 4.69) is 17.1 Å². The molecule has 1 saturated heterocycles. The summed E-state index contributed by atoms with van der Waals surface area (Å²) in [5.41, 5.74) is 0. The zero-order valence-electron chi connectivity index (χ0n) is 18.2. The molecule has 33 heavy (non-hydrogen) atoms. The Kier molecular flexibility index (Phi) is 6.83. The van der Waals surface area contributed by atoms with Gasteiger partial charge in [-0.3, -0.25) is 0 Å². The molecule has 2 fully saturated rings. The number of carboxylic acids is 2. The fourth-order valence-electron chi connectivity index (χ4n) is 5.07. The van der Waals surface area contributed by atoms with Gasteiger partial charge in [0.2, 0.25) is 10.0 Å². The van der Waals surface area contributed by atoms with Gasteiger partial charge < -0.3 is 15.1 Å². The van der Waals surface area contributed by atoms with E-state index in [1.54, 1.807) is 16.4 Å². The molecule has 3 unspecified atom stereocenters. The van der Waals surface area contributed by atoms with E-state index in [0.29, 0.717) is 18.0 Å².